The van der Waals surface area contributed by atoms with E-state index in [-0.39, 0.29) is 0 Å². The van der Waals surface area contributed by atoms with Crippen LogP contribution in [0.3, 0.4) is 0 Å². The van der Waals surface area contributed by atoms with E-state index in [1.54, 1.807) is 0 Å². The summed E-state index contributed by atoms with van der Waals surface area (Å²) < 4.78 is 3.08. The van der Waals surface area contributed by atoms with Crippen LogP contribution in [-0.4, -0.2) is 9.78 Å². The van der Waals surface area contributed by atoms with E-state index >= 15 is 0 Å². The third-order valence-electron chi connectivity index (χ3n) is 3.10. The van der Waals surface area contributed by atoms with E-state index in [0.29, 0.717) is 6.54 Å². The summed E-state index contributed by atoms with van der Waals surface area (Å²) in [5, 5.41) is 4.70. The highest BCUT2D eigenvalue weighted by Gasteiger charge is 2.15. The molecule has 0 radical (unpaired) electrons. The molecule has 0 spiro atoms. The van der Waals surface area contributed by atoms with E-state index in [2.05, 4.69) is 41.9 Å². The van der Waals surface area contributed by atoms with E-state index in [0.717, 1.165) is 28.7 Å². The molecule has 96 valence electrons. The molecule has 0 aliphatic heterocycles. The molecular weight excluding hydrogens is 290 g/mol. The quantitative estimate of drug-likeness (QED) is 0.942. The van der Waals surface area contributed by atoms with Gasteiger partial charge in [-0.25, -0.2) is 4.68 Å². The largest absolute Gasteiger partial charge is 0.326 e. The first-order chi connectivity index (χ1) is 8.71. The number of aromatic nitrogens is 2. The van der Waals surface area contributed by atoms with E-state index < -0.39 is 0 Å². The molecule has 0 bridgehead atoms. The lowest BCUT2D eigenvalue weighted by Gasteiger charge is -2.07. The van der Waals surface area contributed by atoms with Crippen molar-refractivity contribution in [2.24, 2.45) is 5.73 Å². The van der Waals surface area contributed by atoms with Gasteiger partial charge in [0.1, 0.15) is 0 Å². The third kappa shape index (κ3) is 2.35. The Morgan fingerprint density at radius 2 is 2.06 bits per heavy atom. The third-order valence-corrected chi connectivity index (χ3v) is 3.59. The van der Waals surface area contributed by atoms with E-state index in [1.165, 1.54) is 11.3 Å². The summed E-state index contributed by atoms with van der Waals surface area (Å²) in [6, 6.07) is 8.18. The van der Waals surface area contributed by atoms with Gasteiger partial charge >= 0.3 is 0 Å². The zero-order valence-electron chi connectivity index (χ0n) is 10.8. The van der Waals surface area contributed by atoms with Crippen LogP contribution in [-0.2, 0) is 19.4 Å². The Bertz CT molecular complexity index is 546. The minimum absolute atomic E-state index is 0.556. The van der Waals surface area contributed by atoms with Gasteiger partial charge in [0.2, 0.25) is 0 Å². The van der Waals surface area contributed by atoms with Gasteiger partial charge in [-0.2, -0.15) is 5.10 Å². The second-order valence-corrected chi connectivity index (χ2v) is 5.09. The van der Waals surface area contributed by atoms with Crippen LogP contribution in [0.1, 0.15) is 30.8 Å². The van der Waals surface area contributed by atoms with E-state index in [4.69, 9.17) is 10.8 Å². The second-order valence-electron chi connectivity index (χ2n) is 4.17. The van der Waals surface area contributed by atoms with Crippen LogP contribution in [0.15, 0.2) is 28.7 Å². The number of nitrogens with two attached hydrogens (primary N) is 1. The zero-order valence-corrected chi connectivity index (χ0v) is 12.4. The number of nitrogens with zero attached hydrogens (tertiary/aromatic N) is 2. The molecule has 0 fully saturated rings. The van der Waals surface area contributed by atoms with Gasteiger partial charge in [-0.15, -0.1) is 0 Å². The number of benzene rings is 1. The van der Waals surface area contributed by atoms with Gasteiger partial charge in [0.25, 0.3) is 0 Å². The molecule has 4 heteroatoms. The van der Waals surface area contributed by atoms with Gasteiger partial charge in [-0.05, 0) is 31.0 Å². The molecule has 0 saturated heterocycles. The molecule has 2 rings (SSSR count). The molecule has 0 unspecified atom stereocenters. The zero-order chi connectivity index (χ0) is 13.1. The fourth-order valence-electron chi connectivity index (χ4n) is 2.24. The van der Waals surface area contributed by atoms with Crippen LogP contribution in [0.5, 0.6) is 0 Å². The molecule has 1 heterocycles. The highest BCUT2D eigenvalue weighted by Crippen LogP contribution is 2.22. The summed E-state index contributed by atoms with van der Waals surface area (Å²) in [6.45, 7) is 4.82. The molecular formula is C14H18BrN3. The van der Waals surface area contributed by atoms with Gasteiger partial charge in [0.05, 0.1) is 11.4 Å². The predicted molar refractivity (Wildman–Crippen MR) is 77.9 cm³/mol. The number of rotatable bonds is 4. The Hall–Kier alpha value is -1.13. The van der Waals surface area contributed by atoms with Crippen molar-refractivity contribution in [2.45, 2.75) is 33.2 Å². The van der Waals surface area contributed by atoms with Gasteiger partial charge < -0.3 is 5.73 Å². The summed E-state index contributed by atoms with van der Waals surface area (Å²) in [6.07, 6.45) is 1.85. The van der Waals surface area contributed by atoms with Crippen molar-refractivity contribution in [1.29, 1.82) is 0 Å². The van der Waals surface area contributed by atoms with Crippen LogP contribution >= 0.6 is 15.9 Å². The monoisotopic (exact) mass is 307 g/mol. The molecule has 2 N–H and O–H groups in total. The van der Waals surface area contributed by atoms with Crippen molar-refractivity contribution in [1.82, 2.24) is 9.78 Å². The predicted octanol–water partition coefficient (Wildman–Crippen LogP) is 3.22. The second kappa shape index (κ2) is 5.67. The SMILES string of the molecule is CCc1nn(-c2cccc(Br)c2)c(CC)c1CN. The topological polar surface area (TPSA) is 43.8 Å². The molecule has 18 heavy (non-hydrogen) atoms. The lowest BCUT2D eigenvalue weighted by atomic mass is 10.1. The van der Waals surface area contributed by atoms with Crippen LogP contribution in [0, 0.1) is 0 Å². The smallest absolute Gasteiger partial charge is 0.0674 e. The maximum absolute atomic E-state index is 5.86. The highest BCUT2D eigenvalue weighted by atomic mass is 79.9. The Labute approximate surface area is 116 Å². The average molecular weight is 308 g/mol. The molecule has 0 atom stereocenters. The maximum atomic E-state index is 5.86. The molecule has 2 aromatic rings. The minimum Gasteiger partial charge on any atom is -0.326 e. The lowest BCUT2D eigenvalue weighted by molar-refractivity contribution is 0.792. The van der Waals surface area contributed by atoms with Gasteiger partial charge in [-0.1, -0.05) is 35.8 Å². The Morgan fingerprint density at radius 3 is 2.61 bits per heavy atom. The number of aryl methyl sites for hydroxylation is 1. The summed E-state index contributed by atoms with van der Waals surface area (Å²) in [4.78, 5) is 0. The molecule has 0 amide bonds. The van der Waals surface area contributed by atoms with E-state index in [1.807, 2.05) is 16.8 Å². The van der Waals surface area contributed by atoms with Crippen LogP contribution < -0.4 is 5.73 Å². The average Bonchev–Trinajstić information content (AvgIpc) is 2.76. The van der Waals surface area contributed by atoms with Crippen LogP contribution in [0.25, 0.3) is 5.69 Å². The Balaban J connectivity index is 2.60. The first-order valence-electron chi connectivity index (χ1n) is 6.26. The number of hydrogen-bond donors (Lipinski definition) is 1. The van der Waals surface area contributed by atoms with Crippen molar-refractivity contribution < 1.29 is 0 Å². The first kappa shape index (κ1) is 13.3. The van der Waals surface area contributed by atoms with Gasteiger partial charge in [0, 0.05) is 22.3 Å². The lowest BCUT2D eigenvalue weighted by Crippen LogP contribution is -2.05. The summed E-state index contributed by atoms with van der Waals surface area (Å²) in [5.41, 5.74) is 10.5. The van der Waals surface area contributed by atoms with Gasteiger partial charge in [0.15, 0.2) is 0 Å². The van der Waals surface area contributed by atoms with Gasteiger partial charge in [-0.3, -0.25) is 0 Å². The van der Waals surface area contributed by atoms with Crippen LogP contribution in [0.4, 0.5) is 0 Å². The fraction of sp³-hybridized carbons (Fsp3) is 0.357. The molecule has 1 aromatic heterocycles. The van der Waals surface area contributed by atoms with Crippen molar-refractivity contribution in [2.75, 3.05) is 0 Å². The number of hydrogen-bond acceptors (Lipinski definition) is 2. The maximum Gasteiger partial charge on any atom is 0.0674 e. The van der Waals surface area contributed by atoms with Crippen LogP contribution in [0.2, 0.25) is 0 Å². The van der Waals surface area contributed by atoms with E-state index in [9.17, 15) is 0 Å². The number of halogens is 1. The molecule has 3 nitrogen and oxygen atoms in total. The van der Waals surface area contributed by atoms with Crippen molar-refractivity contribution in [3.8, 4) is 5.69 Å². The minimum atomic E-state index is 0.556. The normalized spacial score (nSPS) is 10.9. The highest BCUT2D eigenvalue weighted by molar-refractivity contribution is 9.10. The molecule has 1 aromatic carbocycles. The van der Waals surface area contributed by atoms with Crippen molar-refractivity contribution in [3.05, 3.63) is 45.7 Å². The van der Waals surface area contributed by atoms with Crippen molar-refractivity contribution in [3.63, 3.8) is 0 Å². The van der Waals surface area contributed by atoms with Crippen molar-refractivity contribution >= 4 is 15.9 Å². The Kier molecular flexibility index (Phi) is 4.19. The molecule has 0 aliphatic carbocycles. The summed E-state index contributed by atoms with van der Waals surface area (Å²) in [7, 11) is 0. The summed E-state index contributed by atoms with van der Waals surface area (Å²) >= 11 is 3.50. The fourth-order valence-corrected chi connectivity index (χ4v) is 2.63. The first-order valence-corrected chi connectivity index (χ1v) is 7.06. The molecule has 0 aliphatic rings. The summed E-state index contributed by atoms with van der Waals surface area (Å²) in [5.74, 6) is 0. The standard InChI is InChI=1S/C14H18BrN3/c1-3-13-12(9-16)14(4-2)18(17-13)11-7-5-6-10(15)8-11/h5-8H,3-4,9,16H2,1-2H3. The molecule has 0 saturated carbocycles. The Morgan fingerprint density at radius 1 is 1.28 bits per heavy atom.